The van der Waals surface area contributed by atoms with Crippen LogP contribution in [0.5, 0.6) is 0 Å². The lowest BCUT2D eigenvalue weighted by Gasteiger charge is -2.27. The third kappa shape index (κ3) is 2.32. The summed E-state index contributed by atoms with van der Waals surface area (Å²) in [6.07, 6.45) is 8.30. The molecular formula is C16H15N5O. The molecule has 0 atom stereocenters. The van der Waals surface area contributed by atoms with Crippen LogP contribution in [0.1, 0.15) is 17.1 Å². The van der Waals surface area contributed by atoms with E-state index in [9.17, 15) is 4.79 Å². The number of nitrogens with zero attached hydrogens (tertiary/aromatic N) is 5. The molecule has 0 aliphatic carbocycles. The van der Waals surface area contributed by atoms with E-state index in [0.717, 1.165) is 29.1 Å². The van der Waals surface area contributed by atoms with Gasteiger partial charge in [-0.25, -0.2) is 4.98 Å². The molecule has 0 bridgehead atoms. The highest BCUT2D eigenvalue weighted by Crippen LogP contribution is 2.15. The second-order valence-electron chi connectivity index (χ2n) is 5.39. The van der Waals surface area contributed by atoms with Gasteiger partial charge >= 0.3 is 0 Å². The number of imidazole rings is 1. The zero-order chi connectivity index (χ0) is 14.9. The van der Waals surface area contributed by atoms with Crippen molar-refractivity contribution in [2.24, 2.45) is 0 Å². The molecule has 0 radical (unpaired) electrons. The number of carbonyl (C=O) groups is 1. The van der Waals surface area contributed by atoms with Crippen LogP contribution in [0.3, 0.4) is 0 Å². The molecular weight excluding hydrogens is 278 g/mol. The number of rotatable bonds is 2. The standard InChI is InChI=1S/C16H15N5O/c22-16(9-12-10-20-7-2-1-3-15(20)19-12)21-8-4-13-14(11-21)18-6-5-17-13/h1-3,5-7,10H,4,8-9,11H2. The first-order valence-corrected chi connectivity index (χ1v) is 7.29. The van der Waals surface area contributed by atoms with Crippen LogP contribution >= 0.6 is 0 Å². The minimum absolute atomic E-state index is 0.0831. The maximum atomic E-state index is 12.5. The Morgan fingerprint density at radius 2 is 2.05 bits per heavy atom. The SMILES string of the molecule is O=C(Cc1cn2ccccc2n1)N1CCc2nccnc2C1. The van der Waals surface area contributed by atoms with Gasteiger partial charge in [0.15, 0.2) is 0 Å². The molecule has 4 rings (SSSR count). The topological polar surface area (TPSA) is 63.4 Å². The van der Waals surface area contributed by atoms with E-state index < -0.39 is 0 Å². The molecule has 0 saturated carbocycles. The predicted octanol–water partition coefficient (Wildman–Crippen LogP) is 1.25. The fourth-order valence-corrected chi connectivity index (χ4v) is 2.79. The van der Waals surface area contributed by atoms with E-state index in [1.807, 2.05) is 39.9 Å². The van der Waals surface area contributed by atoms with Gasteiger partial charge in [0.05, 0.1) is 30.0 Å². The quantitative estimate of drug-likeness (QED) is 0.713. The monoisotopic (exact) mass is 293 g/mol. The molecule has 1 aliphatic heterocycles. The van der Waals surface area contributed by atoms with Gasteiger partial charge in [-0.2, -0.15) is 0 Å². The summed E-state index contributed by atoms with van der Waals surface area (Å²) in [6.45, 7) is 1.23. The molecule has 1 amide bonds. The fourth-order valence-electron chi connectivity index (χ4n) is 2.79. The summed E-state index contributed by atoms with van der Waals surface area (Å²) in [4.78, 5) is 27.4. The molecule has 0 saturated heterocycles. The first-order chi connectivity index (χ1) is 10.8. The zero-order valence-corrected chi connectivity index (χ0v) is 12.0. The van der Waals surface area contributed by atoms with Crippen molar-refractivity contribution in [1.82, 2.24) is 24.3 Å². The van der Waals surface area contributed by atoms with Gasteiger partial charge in [-0.15, -0.1) is 0 Å². The van der Waals surface area contributed by atoms with E-state index in [4.69, 9.17) is 0 Å². The smallest absolute Gasteiger partial charge is 0.229 e. The molecule has 0 aromatic carbocycles. The highest BCUT2D eigenvalue weighted by Gasteiger charge is 2.22. The third-order valence-electron chi connectivity index (χ3n) is 3.92. The van der Waals surface area contributed by atoms with Crippen molar-refractivity contribution in [2.75, 3.05) is 6.54 Å². The van der Waals surface area contributed by atoms with Crippen LogP contribution in [0.25, 0.3) is 5.65 Å². The molecule has 3 aromatic rings. The largest absolute Gasteiger partial charge is 0.336 e. The van der Waals surface area contributed by atoms with Crippen LogP contribution in [0.15, 0.2) is 43.0 Å². The van der Waals surface area contributed by atoms with Crippen molar-refractivity contribution in [2.45, 2.75) is 19.4 Å². The molecule has 1 aliphatic rings. The van der Waals surface area contributed by atoms with E-state index in [1.54, 1.807) is 12.4 Å². The van der Waals surface area contributed by atoms with Crippen molar-refractivity contribution in [3.05, 3.63) is 60.1 Å². The van der Waals surface area contributed by atoms with Crippen molar-refractivity contribution < 1.29 is 4.79 Å². The molecule has 0 N–H and O–H groups in total. The van der Waals surface area contributed by atoms with Crippen LogP contribution in [-0.2, 0) is 24.2 Å². The Morgan fingerprint density at radius 1 is 1.18 bits per heavy atom. The lowest BCUT2D eigenvalue weighted by molar-refractivity contribution is -0.131. The number of fused-ring (bicyclic) bond motifs is 2. The number of amides is 1. The summed E-state index contributed by atoms with van der Waals surface area (Å²) in [7, 11) is 0. The Labute approximate surface area is 127 Å². The lowest BCUT2D eigenvalue weighted by Crippen LogP contribution is -2.37. The van der Waals surface area contributed by atoms with Gasteiger partial charge in [-0.05, 0) is 12.1 Å². The lowest BCUT2D eigenvalue weighted by atomic mass is 10.1. The first kappa shape index (κ1) is 12.9. The molecule has 3 aromatic heterocycles. The van der Waals surface area contributed by atoms with Gasteiger partial charge in [-0.1, -0.05) is 6.07 Å². The summed E-state index contributed by atoms with van der Waals surface area (Å²) < 4.78 is 1.93. The Morgan fingerprint density at radius 3 is 2.91 bits per heavy atom. The van der Waals surface area contributed by atoms with Crippen molar-refractivity contribution in [3.8, 4) is 0 Å². The Balaban J connectivity index is 1.51. The molecule has 0 fully saturated rings. The predicted molar refractivity (Wildman–Crippen MR) is 80.0 cm³/mol. The van der Waals surface area contributed by atoms with E-state index in [1.165, 1.54) is 0 Å². The summed E-state index contributed by atoms with van der Waals surface area (Å²) in [5.74, 6) is 0.0831. The maximum Gasteiger partial charge on any atom is 0.229 e. The Bertz CT molecular complexity index is 808. The highest BCUT2D eigenvalue weighted by molar-refractivity contribution is 5.78. The summed E-state index contributed by atoms with van der Waals surface area (Å²) in [6, 6.07) is 5.81. The van der Waals surface area contributed by atoms with E-state index in [0.29, 0.717) is 19.5 Å². The second-order valence-corrected chi connectivity index (χ2v) is 5.39. The van der Waals surface area contributed by atoms with Crippen LogP contribution in [0.4, 0.5) is 0 Å². The van der Waals surface area contributed by atoms with Gasteiger partial charge in [0.1, 0.15) is 5.65 Å². The van der Waals surface area contributed by atoms with Gasteiger partial charge in [-0.3, -0.25) is 14.8 Å². The van der Waals surface area contributed by atoms with Crippen LogP contribution in [-0.4, -0.2) is 36.7 Å². The van der Waals surface area contributed by atoms with Crippen molar-refractivity contribution in [1.29, 1.82) is 0 Å². The third-order valence-corrected chi connectivity index (χ3v) is 3.92. The molecule has 6 nitrogen and oxygen atoms in total. The molecule has 6 heteroatoms. The molecule has 110 valence electrons. The van der Waals surface area contributed by atoms with Crippen molar-refractivity contribution >= 4 is 11.6 Å². The van der Waals surface area contributed by atoms with Crippen LogP contribution in [0.2, 0.25) is 0 Å². The number of pyridine rings is 1. The minimum atomic E-state index is 0.0831. The average Bonchev–Trinajstić information content (AvgIpc) is 2.96. The van der Waals surface area contributed by atoms with E-state index in [2.05, 4.69) is 15.0 Å². The zero-order valence-electron chi connectivity index (χ0n) is 12.0. The van der Waals surface area contributed by atoms with Gasteiger partial charge in [0.2, 0.25) is 5.91 Å². The number of carbonyl (C=O) groups excluding carboxylic acids is 1. The fraction of sp³-hybridized carbons (Fsp3) is 0.250. The summed E-state index contributed by atoms with van der Waals surface area (Å²) in [5.41, 5.74) is 3.55. The second kappa shape index (κ2) is 5.22. The van der Waals surface area contributed by atoms with Gasteiger partial charge < -0.3 is 9.30 Å². The number of hydrogen-bond donors (Lipinski definition) is 0. The summed E-state index contributed by atoms with van der Waals surface area (Å²) in [5, 5.41) is 0. The van der Waals surface area contributed by atoms with Crippen LogP contribution in [0, 0.1) is 0 Å². The highest BCUT2D eigenvalue weighted by atomic mass is 16.2. The average molecular weight is 293 g/mol. The van der Waals surface area contributed by atoms with Crippen LogP contribution < -0.4 is 0 Å². The minimum Gasteiger partial charge on any atom is -0.336 e. The Kier molecular flexibility index (Phi) is 3.07. The normalized spacial score (nSPS) is 14.1. The van der Waals surface area contributed by atoms with Crippen molar-refractivity contribution in [3.63, 3.8) is 0 Å². The number of aromatic nitrogens is 4. The van der Waals surface area contributed by atoms with E-state index >= 15 is 0 Å². The first-order valence-electron chi connectivity index (χ1n) is 7.29. The molecule has 22 heavy (non-hydrogen) atoms. The maximum absolute atomic E-state index is 12.5. The summed E-state index contributed by atoms with van der Waals surface area (Å²) >= 11 is 0. The number of hydrogen-bond acceptors (Lipinski definition) is 4. The van der Waals surface area contributed by atoms with Gasteiger partial charge in [0.25, 0.3) is 0 Å². The Hall–Kier alpha value is -2.76. The molecule has 0 spiro atoms. The molecule has 4 heterocycles. The van der Waals surface area contributed by atoms with Gasteiger partial charge in [0, 0.05) is 37.8 Å². The molecule has 0 unspecified atom stereocenters. The van der Waals surface area contributed by atoms with E-state index in [-0.39, 0.29) is 5.91 Å².